The van der Waals surface area contributed by atoms with Gasteiger partial charge in [0, 0.05) is 5.02 Å². The lowest BCUT2D eigenvalue weighted by Gasteiger charge is -2.12. The van der Waals surface area contributed by atoms with E-state index in [2.05, 4.69) is 0 Å². The summed E-state index contributed by atoms with van der Waals surface area (Å²) in [6, 6.07) is 13.0. The molecular weight excluding hydrogens is 367 g/mol. The van der Waals surface area contributed by atoms with Crippen molar-refractivity contribution in [2.75, 3.05) is 5.75 Å². The van der Waals surface area contributed by atoms with Crippen LogP contribution in [0.1, 0.15) is 0 Å². The van der Waals surface area contributed by atoms with E-state index in [4.69, 9.17) is 23.2 Å². The van der Waals surface area contributed by atoms with Crippen LogP contribution in [0, 0.1) is 0 Å². The van der Waals surface area contributed by atoms with E-state index in [1.165, 1.54) is 36.4 Å². The second-order valence-electron chi connectivity index (χ2n) is 4.50. The molecule has 0 amide bonds. The molecule has 2 aromatic rings. The molecule has 118 valence electrons. The van der Waals surface area contributed by atoms with E-state index in [1.54, 1.807) is 18.2 Å². The summed E-state index contributed by atoms with van der Waals surface area (Å²) in [7, 11) is -7.77. The lowest BCUT2D eigenvalue weighted by Crippen LogP contribution is -2.25. The lowest BCUT2D eigenvalue weighted by atomic mass is 10.4. The fourth-order valence-corrected chi connectivity index (χ4v) is 5.86. The highest BCUT2D eigenvalue weighted by Gasteiger charge is 2.31. The lowest BCUT2D eigenvalue weighted by molar-refractivity contribution is 0.584. The van der Waals surface area contributed by atoms with Crippen molar-refractivity contribution in [2.45, 2.75) is 14.5 Å². The van der Waals surface area contributed by atoms with Gasteiger partial charge in [-0.3, -0.25) is 0 Å². The summed E-state index contributed by atoms with van der Waals surface area (Å²) in [5.74, 6) is -0.715. The SMILES string of the molecule is O=S(=O)(C[C@H](Cl)S(=O)(=O)c1ccccc1)c1ccc(Cl)cc1. The summed E-state index contributed by atoms with van der Waals surface area (Å²) in [5.41, 5.74) is 0. The van der Waals surface area contributed by atoms with E-state index in [0.717, 1.165) is 0 Å². The summed E-state index contributed by atoms with van der Waals surface area (Å²) in [6.45, 7) is 0. The van der Waals surface area contributed by atoms with Crippen LogP contribution in [0.2, 0.25) is 5.02 Å². The number of hydrogen-bond donors (Lipinski definition) is 0. The first-order valence-electron chi connectivity index (χ1n) is 6.15. The quantitative estimate of drug-likeness (QED) is 0.749. The van der Waals surface area contributed by atoms with Crippen molar-refractivity contribution in [3.63, 3.8) is 0 Å². The topological polar surface area (TPSA) is 68.3 Å². The molecule has 0 unspecified atom stereocenters. The Kier molecular flexibility index (Phi) is 5.17. The zero-order valence-electron chi connectivity index (χ0n) is 11.2. The molecule has 2 aromatic carbocycles. The summed E-state index contributed by atoms with van der Waals surface area (Å²) in [6.07, 6.45) is 0. The smallest absolute Gasteiger partial charge is 0.196 e. The molecule has 1 atom stereocenters. The molecule has 0 aromatic heterocycles. The first-order chi connectivity index (χ1) is 10.2. The van der Waals surface area contributed by atoms with Gasteiger partial charge in [0.2, 0.25) is 0 Å². The Labute approximate surface area is 139 Å². The van der Waals surface area contributed by atoms with Crippen molar-refractivity contribution in [2.24, 2.45) is 0 Å². The maximum absolute atomic E-state index is 12.3. The molecular formula is C14H12Cl2O4S2. The van der Waals surface area contributed by atoms with Crippen molar-refractivity contribution in [1.82, 2.24) is 0 Å². The minimum atomic E-state index is -3.93. The van der Waals surface area contributed by atoms with Crippen LogP contribution in [-0.2, 0) is 19.7 Å². The highest BCUT2D eigenvalue weighted by molar-refractivity contribution is 7.96. The maximum atomic E-state index is 12.3. The number of rotatable bonds is 5. The van der Waals surface area contributed by atoms with E-state index >= 15 is 0 Å². The van der Waals surface area contributed by atoms with Crippen molar-refractivity contribution >= 4 is 42.9 Å². The summed E-state index contributed by atoms with van der Waals surface area (Å²) in [4.78, 5) is -0.0351. The van der Waals surface area contributed by atoms with E-state index in [0.29, 0.717) is 5.02 Å². The van der Waals surface area contributed by atoms with Gasteiger partial charge >= 0.3 is 0 Å². The number of benzene rings is 2. The molecule has 22 heavy (non-hydrogen) atoms. The molecule has 8 heteroatoms. The van der Waals surface area contributed by atoms with Gasteiger partial charge in [0.05, 0.1) is 15.5 Å². The van der Waals surface area contributed by atoms with Gasteiger partial charge in [-0.25, -0.2) is 16.8 Å². The van der Waals surface area contributed by atoms with E-state index in [9.17, 15) is 16.8 Å². The van der Waals surface area contributed by atoms with Gasteiger partial charge in [0.1, 0.15) is 0 Å². The van der Waals surface area contributed by atoms with Crippen molar-refractivity contribution in [1.29, 1.82) is 0 Å². The molecule has 2 rings (SSSR count). The first kappa shape index (κ1) is 17.3. The summed E-state index contributed by atoms with van der Waals surface area (Å²) >= 11 is 11.6. The Balaban J connectivity index is 2.28. The van der Waals surface area contributed by atoms with Crippen LogP contribution in [0.5, 0.6) is 0 Å². The second kappa shape index (κ2) is 6.58. The van der Waals surface area contributed by atoms with Gasteiger partial charge in [0.25, 0.3) is 0 Å². The number of halogens is 2. The molecule has 0 heterocycles. The highest BCUT2D eigenvalue weighted by atomic mass is 35.5. The predicted octanol–water partition coefficient (Wildman–Crippen LogP) is 3.15. The highest BCUT2D eigenvalue weighted by Crippen LogP contribution is 2.23. The summed E-state index contributed by atoms with van der Waals surface area (Å²) < 4.78 is 47.5. The van der Waals surface area contributed by atoms with Gasteiger partial charge in [-0.05, 0) is 36.4 Å². The molecule has 0 aliphatic carbocycles. The van der Waals surface area contributed by atoms with Gasteiger partial charge < -0.3 is 0 Å². The molecule has 0 saturated heterocycles. The molecule has 0 aliphatic rings. The predicted molar refractivity (Wildman–Crippen MR) is 86.8 cm³/mol. The Hall–Kier alpha value is -1.08. The Morgan fingerprint density at radius 3 is 1.91 bits per heavy atom. The minimum Gasteiger partial charge on any atom is -0.224 e. The normalized spacial score (nSPS) is 13.7. The second-order valence-corrected chi connectivity index (χ2v) is 9.89. The van der Waals surface area contributed by atoms with Crippen molar-refractivity contribution < 1.29 is 16.8 Å². The van der Waals surface area contributed by atoms with Gasteiger partial charge in [-0.15, -0.1) is 11.6 Å². The van der Waals surface area contributed by atoms with Crippen LogP contribution in [-0.4, -0.2) is 27.3 Å². The third-order valence-electron chi connectivity index (χ3n) is 2.93. The van der Waals surface area contributed by atoms with Crippen LogP contribution < -0.4 is 0 Å². The average molecular weight is 379 g/mol. The molecule has 0 bridgehead atoms. The fraction of sp³-hybridized carbons (Fsp3) is 0.143. The Morgan fingerprint density at radius 2 is 1.36 bits per heavy atom. The fourth-order valence-electron chi connectivity index (χ4n) is 1.76. The molecule has 4 nitrogen and oxygen atoms in total. The largest absolute Gasteiger partial charge is 0.224 e. The van der Waals surface area contributed by atoms with Gasteiger partial charge in [-0.2, -0.15) is 0 Å². The zero-order chi connectivity index (χ0) is 16.4. The van der Waals surface area contributed by atoms with E-state index < -0.39 is 30.1 Å². The van der Waals surface area contributed by atoms with E-state index in [-0.39, 0.29) is 9.79 Å². The zero-order valence-corrected chi connectivity index (χ0v) is 14.3. The summed E-state index contributed by atoms with van der Waals surface area (Å²) in [5, 5.41) is 0.387. The monoisotopic (exact) mass is 378 g/mol. The molecule has 0 saturated carbocycles. The van der Waals surface area contributed by atoms with E-state index in [1.807, 2.05) is 0 Å². The van der Waals surface area contributed by atoms with Crippen LogP contribution in [0.25, 0.3) is 0 Å². The Bertz CT molecular complexity index is 845. The van der Waals surface area contributed by atoms with Gasteiger partial charge in [-0.1, -0.05) is 29.8 Å². The molecule has 0 fully saturated rings. The number of sulfone groups is 2. The van der Waals surface area contributed by atoms with Gasteiger partial charge in [0.15, 0.2) is 24.4 Å². The standard InChI is InChI=1S/C14H12Cl2O4S2/c15-11-6-8-12(9-7-11)21(17,18)10-14(16)22(19,20)13-4-2-1-3-5-13/h1-9,14H,10H2/t14-/m1/s1. The molecule has 0 spiro atoms. The minimum absolute atomic E-state index is 0.0127. The Morgan fingerprint density at radius 1 is 0.818 bits per heavy atom. The first-order valence-corrected chi connectivity index (χ1v) is 10.2. The van der Waals surface area contributed by atoms with Crippen LogP contribution >= 0.6 is 23.2 Å². The molecule has 0 aliphatic heterocycles. The third-order valence-corrected chi connectivity index (χ3v) is 7.97. The molecule has 0 N–H and O–H groups in total. The number of hydrogen-bond acceptors (Lipinski definition) is 4. The average Bonchev–Trinajstić information content (AvgIpc) is 2.48. The third kappa shape index (κ3) is 3.81. The number of alkyl halides is 1. The van der Waals surface area contributed by atoms with Crippen LogP contribution in [0.3, 0.4) is 0 Å². The van der Waals surface area contributed by atoms with Crippen LogP contribution in [0.4, 0.5) is 0 Å². The maximum Gasteiger partial charge on any atom is 0.196 e. The molecule has 0 radical (unpaired) electrons. The van der Waals surface area contributed by atoms with Crippen molar-refractivity contribution in [3.05, 3.63) is 59.6 Å². The van der Waals surface area contributed by atoms with Crippen molar-refractivity contribution in [3.8, 4) is 0 Å². The van der Waals surface area contributed by atoms with Crippen LogP contribution in [0.15, 0.2) is 64.4 Å².